The van der Waals surface area contributed by atoms with Crippen LogP contribution in [-0.4, -0.2) is 43.8 Å². The highest BCUT2D eigenvalue weighted by molar-refractivity contribution is 6.05. The second kappa shape index (κ2) is 11.0. The predicted molar refractivity (Wildman–Crippen MR) is 163 cm³/mol. The number of pyridine rings is 2. The average molecular weight is 597 g/mol. The molecule has 1 atom stereocenters. The number of benzene rings is 2. The van der Waals surface area contributed by atoms with Gasteiger partial charge >= 0.3 is 5.97 Å². The first-order chi connectivity index (χ1) is 20.9. The number of carboxylic acid groups (broad SMARTS) is 1. The summed E-state index contributed by atoms with van der Waals surface area (Å²) in [5, 5.41) is 18.8. The van der Waals surface area contributed by atoms with Crippen LogP contribution in [-0.2, 0) is 22.5 Å². The maximum Gasteiger partial charge on any atom is 0.337 e. The van der Waals surface area contributed by atoms with Crippen molar-refractivity contribution in [2.75, 3.05) is 6.61 Å². The summed E-state index contributed by atoms with van der Waals surface area (Å²) < 4.78 is 27.4. The summed E-state index contributed by atoms with van der Waals surface area (Å²) in [6.45, 7) is 9.64. The molecule has 0 spiro atoms. The van der Waals surface area contributed by atoms with Crippen LogP contribution >= 0.6 is 0 Å². The molecule has 5 aromatic rings. The van der Waals surface area contributed by atoms with E-state index in [1.165, 1.54) is 6.07 Å². The maximum atomic E-state index is 13.7. The summed E-state index contributed by atoms with van der Waals surface area (Å²) in [6, 6.07) is 12.0. The lowest BCUT2D eigenvalue weighted by Gasteiger charge is -2.28. The van der Waals surface area contributed by atoms with Crippen LogP contribution in [0.3, 0.4) is 0 Å². The Labute approximate surface area is 253 Å². The Kier molecular flexibility index (Phi) is 7.33. The summed E-state index contributed by atoms with van der Waals surface area (Å²) >= 11 is 0. The second-order valence-electron chi connectivity index (χ2n) is 12.1. The molecule has 2 aromatic carbocycles. The number of hydrogen-bond donors (Lipinski definition) is 2. The number of fused-ring (bicyclic) bond motifs is 1. The molecule has 0 radical (unpaired) electrons. The summed E-state index contributed by atoms with van der Waals surface area (Å²) in [4.78, 5) is 30.8. The molecule has 0 saturated carbocycles. The van der Waals surface area contributed by atoms with E-state index >= 15 is 0 Å². The number of carbonyl (C=O) groups is 2. The van der Waals surface area contributed by atoms with E-state index in [4.69, 9.17) is 14.5 Å². The van der Waals surface area contributed by atoms with Crippen molar-refractivity contribution in [3.63, 3.8) is 0 Å². The number of hydrogen-bond acceptors (Lipinski definition) is 6. The van der Waals surface area contributed by atoms with Gasteiger partial charge in [-0.2, -0.15) is 5.10 Å². The van der Waals surface area contributed by atoms with Crippen molar-refractivity contribution in [2.45, 2.75) is 59.3 Å². The van der Waals surface area contributed by atoms with Gasteiger partial charge in [0.25, 0.3) is 5.91 Å². The van der Waals surface area contributed by atoms with Gasteiger partial charge in [0.2, 0.25) is 0 Å². The molecule has 1 aliphatic heterocycles. The molecule has 9 nitrogen and oxygen atoms in total. The van der Waals surface area contributed by atoms with Crippen molar-refractivity contribution in [3.8, 4) is 16.9 Å². The Hall–Kier alpha value is -4.83. The zero-order valence-corrected chi connectivity index (χ0v) is 25.2. The minimum absolute atomic E-state index is 0.143. The van der Waals surface area contributed by atoms with Crippen LogP contribution in [0.15, 0.2) is 54.9 Å². The van der Waals surface area contributed by atoms with Crippen LogP contribution in [0.5, 0.6) is 5.75 Å². The summed E-state index contributed by atoms with van der Waals surface area (Å²) in [5.41, 5.74) is 5.20. The first-order valence-corrected chi connectivity index (χ1v) is 14.4. The molecule has 4 heterocycles. The third kappa shape index (κ3) is 5.37. The Balaban J connectivity index is 1.54. The van der Waals surface area contributed by atoms with Crippen LogP contribution in [0.4, 0.5) is 4.39 Å². The lowest BCUT2D eigenvalue weighted by atomic mass is 9.89. The van der Waals surface area contributed by atoms with Crippen molar-refractivity contribution in [1.29, 1.82) is 0 Å². The molecule has 1 unspecified atom stereocenters. The first-order valence-electron chi connectivity index (χ1n) is 14.4. The van der Waals surface area contributed by atoms with E-state index in [1.807, 2.05) is 39.0 Å². The third-order valence-corrected chi connectivity index (χ3v) is 7.71. The maximum absolute atomic E-state index is 13.7. The number of nitrogens with zero attached hydrogens (tertiary/aromatic N) is 3. The van der Waals surface area contributed by atoms with Gasteiger partial charge in [-0.05, 0) is 87.2 Å². The highest BCUT2D eigenvalue weighted by atomic mass is 19.1. The molecule has 0 fully saturated rings. The molecule has 1 amide bonds. The lowest BCUT2D eigenvalue weighted by Crippen LogP contribution is -2.28. The zero-order chi connectivity index (χ0) is 31.3. The van der Waals surface area contributed by atoms with Crippen molar-refractivity contribution in [3.05, 3.63) is 94.2 Å². The van der Waals surface area contributed by atoms with Gasteiger partial charge in [0, 0.05) is 47.4 Å². The highest BCUT2D eigenvalue weighted by Gasteiger charge is 2.33. The Bertz CT molecular complexity index is 1950. The van der Waals surface area contributed by atoms with E-state index in [1.54, 1.807) is 49.0 Å². The quantitative estimate of drug-likeness (QED) is 0.233. The molecule has 0 saturated heterocycles. The smallest absolute Gasteiger partial charge is 0.337 e. The van der Waals surface area contributed by atoms with Gasteiger partial charge in [-0.3, -0.25) is 9.78 Å². The number of halogens is 1. The molecule has 226 valence electrons. The molecule has 0 aliphatic carbocycles. The summed E-state index contributed by atoms with van der Waals surface area (Å²) in [5.74, 6) is -1.16. The van der Waals surface area contributed by atoms with Gasteiger partial charge in [-0.25, -0.2) is 13.7 Å². The molecular weight excluding hydrogens is 563 g/mol. The minimum atomic E-state index is -1.31. The molecular formula is C34H33FN4O5. The van der Waals surface area contributed by atoms with E-state index in [9.17, 15) is 19.1 Å². The van der Waals surface area contributed by atoms with Gasteiger partial charge in [0.15, 0.2) is 11.8 Å². The number of rotatable bonds is 7. The van der Waals surface area contributed by atoms with Crippen LogP contribution in [0.25, 0.3) is 27.5 Å². The van der Waals surface area contributed by atoms with Crippen molar-refractivity contribution < 1.29 is 28.6 Å². The number of aryl methyl sites for hydroxylation is 2. The number of carbonyl (C=O) groups excluding carboxylic acids is 1. The van der Waals surface area contributed by atoms with Gasteiger partial charge in [0.1, 0.15) is 11.6 Å². The number of carboxylic acids is 1. The average Bonchev–Trinajstić information content (AvgIpc) is 3.40. The second-order valence-corrected chi connectivity index (χ2v) is 12.1. The molecule has 2 N–H and O–H groups in total. The monoisotopic (exact) mass is 596 g/mol. The number of amides is 1. The van der Waals surface area contributed by atoms with Crippen LogP contribution in [0.2, 0.25) is 0 Å². The van der Waals surface area contributed by atoms with E-state index < -0.39 is 23.6 Å². The first kappa shape index (κ1) is 29.3. The molecule has 3 aromatic heterocycles. The fourth-order valence-electron chi connectivity index (χ4n) is 5.78. The van der Waals surface area contributed by atoms with E-state index in [2.05, 4.69) is 10.4 Å². The minimum Gasteiger partial charge on any atom is -0.493 e. The largest absolute Gasteiger partial charge is 0.493 e. The number of aliphatic carboxylic acids is 1. The Morgan fingerprint density at radius 3 is 2.66 bits per heavy atom. The third-order valence-electron chi connectivity index (χ3n) is 7.71. The topological polar surface area (TPSA) is 115 Å². The number of aromatic nitrogens is 3. The lowest BCUT2D eigenvalue weighted by molar-refractivity contribution is -0.160. The molecule has 6 rings (SSSR count). The molecule has 1 aliphatic rings. The van der Waals surface area contributed by atoms with Crippen molar-refractivity contribution in [2.24, 2.45) is 0 Å². The molecule has 44 heavy (non-hydrogen) atoms. The van der Waals surface area contributed by atoms with Gasteiger partial charge in [-0.1, -0.05) is 12.1 Å². The summed E-state index contributed by atoms with van der Waals surface area (Å²) in [7, 11) is 0. The highest BCUT2D eigenvalue weighted by Crippen LogP contribution is 2.43. The number of ether oxygens (including phenoxy) is 2. The van der Waals surface area contributed by atoms with E-state index in [0.717, 1.165) is 22.9 Å². The number of nitrogens with one attached hydrogen (secondary N) is 1. The van der Waals surface area contributed by atoms with Crippen molar-refractivity contribution in [1.82, 2.24) is 19.9 Å². The van der Waals surface area contributed by atoms with Crippen LogP contribution in [0, 0.1) is 19.7 Å². The van der Waals surface area contributed by atoms with Crippen molar-refractivity contribution >= 4 is 28.3 Å². The fraction of sp³-hybridized carbons (Fsp3) is 0.294. The van der Waals surface area contributed by atoms with E-state index in [0.29, 0.717) is 51.2 Å². The van der Waals surface area contributed by atoms with Crippen LogP contribution in [0.1, 0.15) is 65.2 Å². The molecule has 0 bridgehead atoms. The standard InChI is InChI=1S/C34H33FN4O5/c1-18-14-20(6-8-23(18)35)16-37-32(40)24-15-25-29(22-7-9-26-28-21(11-13-43-26)10-12-36-30(22)28)27(19(2)17-39(25)38-24)31(33(41)42)44-34(3,4)5/h6-10,12,14-15,17,31H,11,13,16H2,1-5H3,(H,37,40)(H,41,42). The van der Waals surface area contributed by atoms with E-state index in [-0.39, 0.29) is 18.1 Å². The predicted octanol–water partition coefficient (Wildman–Crippen LogP) is 6.11. The Morgan fingerprint density at radius 2 is 1.93 bits per heavy atom. The zero-order valence-electron chi connectivity index (χ0n) is 25.2. The summed E-state index contributed by atoms with van der Waals surface area (Å²) in [6.07, 6.45) is 2.86. The van der Waals surface area contributed by atoms with Gasteiger partial charge < -0.3 is 19.9 Å². The SMILES string of the molecule is Cc1cc(CNC(=O)c2cc3c(-c4ccc5c6c(ccnc46)CCO5)c(C(OC(C)(C)C)C(=O)O)c(C)cn3n2)ccc1F. The van der Waals surface area contributed by atoms with Gasteiger partial charge in [0.05, 0.1) is 23.2 Å². The van der Waals surface area contributed by atoms with Crippen LogP contribution < -0.4 is 10.1 Å². The normalized spacial score (nSPS) is 13.6. The fourth-order valence-corrected chi connectivity index (χ4v) is 5.78. The Morgan fingerprint density at radius 1 is 1.14 bits per heavy atom. The van der Waals surface area contributed by atoms with Gasteiger partial charge in [-0.15, -0.1) is 0 Å². The molecule has 10 heteroatoms.